The molecule has 0 fully saturated rings. The molecule has 0 bridgehead atoms. The van der Waals surface area contributed by atoms with Gasteiger partial charge in [-0.1, -0.05) is 41.7 Å². The smallest absolute Gasteiger partial charge is 0.308 e. The summed E-state index contributed by atoms with van der Waals surface area (Å²) in [6.45, 7) is 2.11. The number of nitrogens with zero attached hydrogens (tertiary/aromatic N) is 3. The minimum Gasteiger partial charge on any atom is -0.461 e. The standard InChI is InChI=1S/C16H16N4O3S/c1-11(9-14(22)23-10-12-5-3-2-4-6-12)18-15-19-20-13(21)7-8-17-16(20)24-15/h2-8,11H,9-10H2,1H3,(H,18,19). The number of nitrogens with one attached hydrogen (secondary N) is 1. The van der Waals surface area contributed by atoms with Crippen LogP contribution in [0.4, 0.5) is 5.13 Å². The first-order valence-corrected chi connectivity index (χ1v) is 8.24. The third-order valence-electron chi connectivity index (χ3n) is 3.26. The van der Waals surface area contributed by atoms with Crippen molar-refractivity contribution >= 4 is 27.4 Å². The van der Waals surface area contributed by atoms with E-state index in [1.54, 1.807) is 0 Å². The summed E-state index contributed by atoms with van der Waals surface area (Å²) >= 11 is 1.25. The number of anilines is 1. The third-order valence-corrected chi connectivity index (χ3v) is 4.11. The molecule has 0 radical (unpaired) electrons. The van der Waals surface area contributed by atoms with E-state index in [1.165, 1.54) is 28.1 Å². The fraction of sp³-hybridized carbons (Fsp3) is 0.250. The van der Waals surface area contributed by atoms with Gasteiger partial charge in [0.15, 0.2) is 0 Å². The van der Waals surface area contributed by atoms with E-state index < -0.39 is 0 Å². The Kier molecular flexibility index (Phi) is 4.85. The summed E-state index contributed by atoms with van der Waals surface area (Å²) in [5.74, 6) is -0.296. The summed E-state index contributed by atoms with van der Waals surface area (Å²) in [5, 5.41) is 7.78. The number of benzene rings is 1. The van der Waals surface area contributed by atoms with E-state index in [2.05, 4.69) is 15.4 Å². The SMILES string of the molecule is CC(CC(=O)OCc1ccccc1)Nc1nn2c(=O)ccnc2s1. The zero-order chi connectivity index (χ0) is 16.9. The van der Waals surface area contributed by atoms with Crippen LogP contribution in [0, 0.1) is 0 Å². The van der Waals surface area contributed by atoms with Crippen LogP contribution in [0.5, 0.6) is 0 Å². The number of ether oxygens (including phenoxy) is 1. The number of aromatic nitrogens is 3. The van der Waals surface area contributed by atoms with E-state index in [0.29, 0.717) is 10.1 Å². The number of carbonyl (C=O) groups excluding carboxylic acids is 1. The van der Waals surface area contributed by atoms with Gasteiger partial charge in [-0.25, -0.2) is 4.98 Å². The quantitative estimate of drug-likeness (QED) is 0.689. The van der Waals surface area contributed by atoms with Crippen molar-refractivity contribution in [3.8, 4) is 0 Å². The first-order chi connectivity index (χ1) is 11.6. The average Bonchev–Trinajstić information content (AvgIpc) is 2.97. The molecule has 1 unspecified atom stereocenters. The van der Waals surface area contributed by atoms with Gasteiger partial charge < -0.3 is 10.1 Å². The largest absolute Gasteiger partial charge is 0.461 e. The number of carbonyl (C=O) groups is 1. The fourth-order valence-corrected chi connectivity index (χ4v) is 3.00. The van der Waals surface area contributed by atoms with Crippen LogP contribution < -0.4 is 10.9 Å². The van der Waals surface area contributed by atoms with Gasteiger partial charge in [0.25, 0.3) is 5.56 Å². The van der Waals surface area contributed by atoms with Gasteiger partial charge in [0.05, 0.1) is 6.42 Å². The van der Waals surface area contributed by atoms with Crippen molar-refractivity contribution in [3.05, 3.63) is 58.5 Å². The van der Waals surface area contributed by atoms with Crippen molar-refractivity contribution in [3.63, 3.8) is 0 Å². The van der Waals surface area contributed by atoms with Gasteiger partial charge in [-0.3, -0.25) is 9.59 Å². The van der Waals surface area contributed by atoms with Gasteiger partial charge in [-0.2, -0.15) is 4.52 Å². The average molecular weight is 344 g/mol. The molecule has 1 aromatic carbocycles. The van der Waals surface area contributed by atoms with Crippen molar-refractivity contribution in [2.75, 3.05) is 5.32 Å². The molecule has 0 saturated heterocycles. The van der Waals surface area contributed by atoms with Crippen LogP contribution in [0.25, 0.3) is 4.96 Å². The fourth-order valence-electron chi connectivity index (χ4n) is 2.11. The minimum atomic E-state index is -0.296. The molecule has 0 spiro atoms. The lowest BCUT2D eigenvalue weighted by molar-refractivity contribution is -0.145. The Balaban J connectivity index is 1.54. The van der Waals surface area contributed by atoms with Crippen molar-refractivity contribution in [1.29, 1.82) is 0 Å². The number of esters is 1. The molecule has 24 heavy (non-hydrogen) atoms. The van der Waals surface area contributed by atoms with Gasteiger partial charge in [-0.15, -0.1) is 5.10 Å². The minimum absolute atomic E-state index is 0.176. The lowest BCUT2D eigenvalue weighted by atomic mass is 10.2. The van der Waals surface area contributed by atoms with E-state index in [4.69, 9.17) is 4.74 Å². The molecule has 0 aliphatic carbocycles. The van der Waals surface area contributed by atoms with Crippen molar-refractivity contribution < 1.29 is 9.53 Å². The molecule has 0 saturated carbocycles. The van der Waals surface area contributed by atoms with E-state index >= 15 is 0 Å². The molecule has 1 N–H and O–H groups in total. The van der Waals surface area contributed by atoms with Crippen LogP contribution in [0.3, 0.4) is 0 Å². The monoisotopic (exact) mass is 344 g/mol. The molecule has 3 rings (SSSR count). The predicted molar refractivity (Wildman–Crippen MR) is 91.1 cm³/mol. The van der Waals surface area contributed by atoms with Crippen molar-refractivity contribution in [2.24, 2.45) is 0 Å². The molecule has 0 aliphatic rings. The zero-order valence-corrected chi connectivity index (χ0v) is 13.8. The van der Waals surface area contributed by atoms with Crippen LogP contribution in [0.1, 0.15) is 18.9 Å². The second kappa shape index (κ2) is 7.22. The highest BCUT2D eigenvalue weighted by Crippen LogP contribution is 2.17. The second-order valence-corrected chi connectivity index (χ2v) is 6.24. The molecule has 0 aliphatic heterocycles. The van der Waals surface area contributed by atoms with Gasteiger partial charge in [-0.05, 0) is 12.5 Å². The summed E-state index contributed by atoms with van der Waals surface area (Å²) in [6.07, 6.45) is 1.65. The van der Waals surface area contributed by atoms with Crippen molar-refractivity contribution in [2.45, 2.75) is 26.0 Å². The van der Waals surface area contributed by atoms with Crippen LogP contribution >= 0.6 is 11.3 Å². The Morgan fingerprint density at radius 3 is 2.88 bits per heavy atom. The van der Waals surface area contributed by atoms with Gasteiger partial charge >= 0.3 is 5.97 Å². The molecular formula is C16H16N4O3S. The Morgan fingerprint density at radius 1 is 1.33 bits per heavy atom. The molecule has 2 aromatic heterocycles. The molecule has 7 nitrogen and oxygen atoms in total. The number of fused-ring (bicyclic) bond motifs is 1. The normalized spacial score (nSPS) is 12.0. The Hall–Kier alpha value is -2.74. The maximum absolute atomic E-state index is 11.9. The van der Waals surface area contributed by atoms with Gasteiger partial charge in [0.2, 0.25) is 10.1 Å². The predicted octanol–water partition coefficient (Wildman–Crippen LogP) is 2.08. The van der Waals surface area contributed by atoms with E-state index in [-0.39, 0.29) is 30.6 Å². The lowest BCUT2D eigenvalue weighted by Crippen LogP contribution is -2.21. The Bertz CT molecular complexity index is 891. The molecule has 3 aromatic rings. The maximum Gasteiger partial charge on any atom is 0.308 e. The Morgan fingerprint density at radius 2 is 2.12 bits per heavy atom. The lowest BCUT2D eigenvalue weighted by Gasteiger charge is -2.12. The third kappa shape index (κ3) is 3.96. The van der Waals surface area contributed by atoms with Crippen LogP contribution in [0.15, 0.2) is 47.4 Å². The topological polar surface area (TPSA) is 85.6 Å². The van der Waals surface area contributed by atoms with Gasteiger partial charge in [0.1, 0.15) is 6.61 Å². The highest BCUT2D eigenvalue weighted by atomic mass is 32.1. The van der Waals surface area contributed by atoms with E-state index in [0.717, 1.165) is 5.56 Å². The van der Waals surface area contributed by atoms with E-state index in [9.17, 15) is 9.59 Å². The first kappa shape index (κ1) is 16.1. The molecular weight excluding hydrogens is 328 g/mol. The summed E-state index contributed by atoms with van der Waals surface area (Å²) in [7, 11) is 0. The molecule has 124 valence electrons. The number of rotatable bonds is 6. The summed E-state index contributed by atoms with van der Waals surface area (Å²) in [5.41, 5.74) is 0.710. The Labute approximate surface area is 141 Å². The van der Waals surface area contributed by atoms with Crippen LogP contribution in [-0.2, 0) is 16.1 Å². The molecule has 1 atom stereocenters. The molecule has 8 heteroatoms. The molecule has 0 amide bonds. The zero-order valence-electron chi connectivity index (χ0n) is 13.0. The highest BCUT2D eigenvalue weighted by molar-refractivity contribution is 7.20. The van der Waals surface area contributed by atoms with E-state index in [1.807, 2.05) is 37.3 Å². The number of hydrogen-bond donors (Lipinski definition) is 1. The molecule has 2 heterocycles. The van der Waals surface area contributed by atoms with Crippen LogP contribution in [-0.4, -0.2) is 26.6 Å². The summed E-state index contributed by atoms with van der Waals surface area (Å²) in [6, 6.07) is 10.7. The second-order valence-electron chi connectivity index (χ2n) is 5.28. The summed E-state index contributed by atoms with van der Waals surface area (Å²) in [4.78, 5) is 28.1. The van der Waals surface area contributed by atoms with Crippen molar-refractivity contribution in [1.82, 2.24) is 14.6 Å². The summed E-state index contributed by atoms with van der Waals surface area (Å²) < 4.78 is 6.48. The highest BCUT2D eigenvalue weighted by Gasteiger charge is 2.13. The maximum atomic E-state index is 11.9. The first-order valence-electron chi connectivity index (χ1n) is 7.43. The van der Waals surface area contributed by atoms with Gasteiger partial charge in [0, 0.05) is 18.3 Å². The number of hydrogen-bond acceptors (Lipinski definition) is 7. The van der Waals surface area contributed by atoms with Crippen LogP contribution in [0.2, 0.25) is 0 Å².